The first-order chi connectivity index (χ1) is 4.25. The molecule has 1 aliphatic rings. The van der Waals surface area contributed by atoms with Crippen LogP contribution in [0.25, 0.3) is 0 Å². The summed E-state index contributed by atoms with van der Waals surface area (Å²) < 4.78 is 0. The van der Waals surface area contributed by atoms with Crippen LogP contribution in [0.4, 0.5) is 0 Å². The van der Waals surface area contributed by atoms with E-state index in [4.69, 9.17) is 0 Å². The van der Waals surface area contributed by atoms with Gasteiger partial charge in [0.2, 0.25) is 0 Å². The minimum Gasteiger partial charge on any atom is -0.316 e. The summed E-state index contributed by atoms with van der Waals surface area (Å²) in [6.07, 6.45) is 1.17. The molecule has 0 unspecified atom stereocenters. The lowest BCUT2D eigenvalue weighted by atomic mass is 10.2. The Morgan fingerprint density at radius 3 is 2.56 bits per heavy atom. The van der Waals surface area contributed by atoms with Crippen LogP contribution in [0.3, 0.4) is 0 Å². The molecule has 0 spiro atoms. The van der Waals surface area contributed by atoms with E-state index >= 15 is 0 Å². The van der Waals surface area contributed by atoms with Crippen molar-refractivity contribution in [2.75, 3.05) is 13.6 Å². The van der Waals surface area contributed by atoms with Crippen LogP contribution >= 0.6 is 0 Å². The Labute approximate surface area is 56.5 Å². The SMILES string of the molecule is CCC1=C(C)N(C)NC1. The third-order valence-electron chi connectivity index (χ3n) is 1.97. The van der Waals surface area contributed by atoms with Crippen LogP contribution in [-0.4, -0.2) is 18.6 Å². The summed E-state index contributed by atoms with van der Waals surface area (Å²) in [6, 6.07) is 0. The zero-order valence-corrected chi connectivity index (χ0v) is 6.36. The van der Waals surface area contributed by atoms with E-state index in [1.54, 1.807) is 0 Å². The summed E-state index contributed by atoms with van der Waals surface area (Å²) >= 11 is 0. The molecule has 0 aliphatic carbocycles. The van der Waals surface area contributed by atoms with E-state index in [0.717, 1.165) is 6.54 Å². The third kappa shape index (κ3) is 1.08. The van der Waals surface area contributed by atoms with Gasteiger partial charge >= 0.3 is 0 Å². The molecule has 1 aliphatic heterocycles. The molecule has 1 rings (SSSR count). The average molecular weight is 126 g/mol. The number of hydrazine groups is 1. The Morgan fingerprint density at radius 1 is 1.67 bits per heavy atom. The monoisotopic (exact) mass is 126 g/mol. The fourth-order valence-corrected chi connectivity index (χ4v) is 1.08. The molecule has 0 aromatic heterocycles. The van der Waals surface area contributed by atoms with Crippen molar-refractivity contribution in [3.63, 3.8) is 0 Å². The van der Waals surface area contributed by atoms with Gasteiger partial charge in [-0.05, 0) is 18.9 Å². The van der Waals surface area contributed by atoms with Gasteiger partial charge in [-0.15, -0.1) is 0 Å². The van der Waals surface area contributed by atoms with Crippen LogP contribution < -0.4 is 5.43 Å². The van der Waals surface area contributed by atoms with Crippen LogP contribution in [0.15, 0.2) is 11.3 Å². The zero-order valence-electron chi connectivity index (χ0n) is 6.36. The lowest BCUT2D eigenvalue weighted by Crippen LogP contribution is -2.26. The number of nitrogens with one attached hydrogen (secondary N) is 1. The number of hydrogen-bond donors (Lipinski definition) is 1. The highest BCUT2D eigenvalue weighted by Gasteiger charge is 2.11. The Morgan fingerprint density at radius 2 is 2.33 bits per heavy atom. The van der Waals surface area contributed by atoms with E-state index in [2.05, 4.69) is 31.3 Å². The lowest BCUT2D eigenvalue weighted by molar-refractivity contribution is 0.346. The zero-order chi connectivity index (χ0) is 6.85. The molecule has 2 heteroatoms. The highest BCUT2D eigenvalue weighted by atomic mass is 15.5. The van der Waals surface area contributed by atoms with Gasteiger partial charge in [-0.3, -0.25) is 0 Å². The molecule has 0 amide bonds. The van der Waals surface area contributed by atoms with Crippen LogP contribution in [0, 0.1) is 0 Å². The Hall–Kier alpha value is -0.500. The van der Waals surface area contributed by atoms with Crippen LogP contribution in [0.5, 0.6) is 0 Å². The summed E-state index contributed by atoms with van der Waals surface area (Å²) in [5, 5.41) is 2.08. The average Bonchev–Trinajstić information content (AvgIpc) is 2.15. The van der Waals surface area contributed by atoms with E-state index in [0.29, 0.717) is 0 Å². The predicted octanol–water partition coefficient (Wildman–Crippen LogP) is 1.12. The van der Waals surface area contributed by atoms with Crippen LogP contribution in [0.1, 0.15) is 20.3 Å². The summed E-state index contributed by atoms with van der Waals surface area (Å²) in [4.78, 5) is 0. The minimum atomic E-state index is 1.04. The quantitative estimate of drug-likeness (QED) is 0.566. The molecule has 0 fully saturated rings. The Kier molecular flexibility index (Phi) is 1.76. The maximum absolute atomic E-state index is 3.23. The molecule has 0 aromatic carbocycles. The first-order valence-corrected chi connectivity index (χ1v) is 3.41. The van der Waals surface area contributed by atoms with Crippen molar-refractivity contribution in [2.45, 2.75) is 20.3 Å². The smallest absolute Gasteiger partial charge is 0.0380 e. The van der Waals surface area contributed by atoms with Crippen molar-refractivity contribution in [1.82, 2.24) is 10.4 Å². The van der Waals surface area contributed by atoms with Crippen LogP contribution in [-0.2, 0) is 0 Å². The summed E-state index contributed by atoms with van der Waals surface area (Å²) in [7, 11) is 2.05. The van der Waals surface area contributed by atoms with Crippen LogP contribution in [0.2, 0.25) is 0 Å². The third-order valence-corrected chi connectivity index (χ3v) is 1.97. The minimum absolute atomic E-state index is 1.04. The van der Waals surface area contributed by atoms with Crippen molar-refractivity contribution >= 4 is 0 Å². The van der Waals surface area contributed by atoms with Gasteiger partial charge < -0.3 is 5.01 Å². The van der Waals surface area contributed by atoms with Gasteiger partial charge in [0, 0.05) is 19.3 Å². The molecule has 0 aromatic rings. The van der Waals surface area contributed by atoms with Crippen molar-refractivity contribution in [1.29, 1.82) is 0 Å². The van der Waals surface area contributed by atoms with Gasteiger partial charge in [-0.25, -0.2) is 5.43 Å². The first kappa shape index (κ1) is 6.62. The van der Waals surface area contributed by atoms with E-state index in [9.17, 15) is 0 Å². The van der Waals surface area contributed by atoms with Gasteiger partial charge in [0.05, 0.1) is 0 Å². The lowest BCUT2D eigenvalue weighted by Gasteiger charge is -2.11. The van der Waals surface area contributed by atoms with E-state index in [1.165, 1.54) is 17.7 Å². The molecule has 1 N–H and O–H groups in total. The van der Waals surface area contributed by atoms with Crippen molar-refractivity contribution in [3.8, 4) is 0 Å². The number of hydrogen-bond acceptors (Lipinski definition) is 2. The number of allylic oxidation sites excluding steroid dienone is 1. The first-order valence-electron chi connectivity index (χ1n) is 3.41. The summed E-state index contributed by atoms with van der Waals surface area (Å²) in [5.74, 6) is 0. The topological polar surface area (TPSA) is 15.3 Å². The van der Waals surface area contributed by atoms with Gasteiger partial charge in [0.25, 0.3) is 0 Å². The van der Waals surface area contributed by atoms with Gasteiger partial charge in [0.15, 0.2) is 0 Å². The number of nitrogens with zero attached hydrogens (tertiary/aromatic N) is 1. The Bertz CT molecular complexity index is 138. The highest BCUT2D eigenvalue weighted by molar-refractivity contribution is 5.15. The van der Waals surface area contributed by atoms with Gasteiger partial charge in [-0.2, -0.15) is 0 Å². The second-order valence-corrected chi connectivity index (χ2v) is 2.44. The summed E-state index contributed by atoms with van der Waals surface area (Å²) in [5.41, 5.74) is 6.14. The second kappa shape index (κ2) is 2.40. The predicted molar refractivity (Wildman–Crippen MR) is 38.8 cm³/mol. The molecule has 0 atom stereocenters. The Balaban J connectivity index is 2.68. The maximum Gasteiger partial charge on any atom is 0.0380 e. The molecule has 0 radical (unpaired) electrons. The normalized spacial score (nSPS) is 19.7. The standard InChI is InChI=1S/C7H14N2/c1-4-7-5-8-9(3)6(7)2/h8H,4-5H2,1-3H3. The fourth-order valence-electron chi connectivity index (χ4n) is 1.08. The molecule has 0 saturated heterocycles. The molecule has 0 saturated carbocycles. The molecular formula is C7H14N2. The van der Waals surface area contributed by atoms with Crippen molar-refractivity contribution in [3.05, 3.63) is 11.3 Å². The molecule has 0 bridgehead atoms. The van der Waals surface area contributed by atoms with Crippen molar-refractivity contribution < 1.29 is 0 Å². The van der Waals surface area contributed by atoms with E-state index in [-0.39, 0.29) is 0 Å². The second-order valence-electron chi connectivity index (χ2n) is 2.44. The molecule has 2 nitrogen and oxygen atoms in total. The number of rotatable bonds is 1. The molecule has 1 heterocycles. The van der Waals surface area contributed by atoms with Gasteiger partial charge in [0.1, 0.15) is 0 Å². The maximum atomic E-state index is 3.23. The largest absolute Gasteiger partial charge is 0.316 e. The summed E-state index contributed by atoms with van der Waals surface area (Å²) in [6.45, 7) is 5.39. The molecule has 52 valence electrons. The van der Waals surface area contributed by atoms with E-state index < -0.39 is 0 Å². The fraction of sp³-hybridized carbons (Fsp3) is 0.714. The van der Waals surface area contributed by atoms with Gasteiger partial charge in [-0.1, -0.05) is 6.92 Å². The molecule has 9 heavy (non-hydrogen) atoms. The molecular weight excluding hydrogens is 112 g/mol. The highest BCUT2D eigenvalue weighted by Crippen LogP contribution is 2.14. The van der Waals surface area contributed by atoms with E-state index in [1.807, 2.05) is 0 Å². The van der Waals surface area contributed by atoms with Crippen molar-refractivity contribution in [2.24, 2.45) is 0 Å².